The molecule has 0 radical (unpaired) electrons. The fourth-order valence-electron chi connectivity index (χ4n) is 9.46. The van der Waals surface area contributed by atoms with Crippen LogP contribution in [-0.4, -0.2) is 63.2 Å². The van der Waals surface area contributed by atoms with Crippen LogP contribution in [0.25, 0.3) is 0 Å². The summed E-state index contributed by atoms with van der Waals surface area (Å²) in [4.78, 5) is 54.1. The van der Waals surface area contributed by atoms with Gasteiger partial charge in [0.1, 0.15) is 11.7 Å². The maximum Gasteiger partial charge on any atom is 0.335 e. The Morgan fingerprint density at radius 2 is 1.81 bits per heavy atom. The Kier molecular flexibility index (Phi) is 4.49. The normalized spacial score (nSPS) is 48.6. The van der Waals surface area contributed by atoms with E-state index in [-0.39, 0.29) is 24.8 Å². The Morgan fingerprint density at radius 1 is 1.11 bits per heavy atom. The van der Waals surface area contributed by atoms with Crippen molar-refractivity contribution in [3.8, 4) is 0 Å². The van der Waals surface area contributed by atoms with E-state index in [9.17, 15) is 34.5 Å². The van der Waals surface area contributed by atoms with Crippen LogP contribution < -0.4 is 0 Å². The van der Waals surface area contributed by atoms with E-state index in [0.29, 0.717) is 5.56 Å². The lowest BCUT2D eigenvalue weighted by Crippen LogP contribution is -2.73. The lowest BCUT2D eigenvalue weighted by molar-refractivity contribution is -0.217. The number of aliphatic hydroxyl groups is 3. The number of carbonyl (C=O) groups is 4. The zero-order chi connectivity index (χ0) is 27.0. The van der Waals surface area contributed by atoms with E-state index >= 15 is 0 Å². The molecule has 3 N–H and O–H groups in total. The molecule has 1 aromatic rings. The monoisotopic (exact) mass is 514 g/mol. The number of Topliss-reactive ketones (excluding diaryl/α,β-unsaturated/α-hetero) is 2. The first-order valence-corrected chi connectivity index (χ1v) is 12.4. The van der Waals surface area contributed by atoms with Gasteiger partial charge >= 0.3 is 11.9 Å². The minimum absolute atomic E-state index is 0.0346. The summed E-state index contributed by atoms with van der Waals surface area (Å²) in [6, 6.07) is 1.64. The molecule has 0 aromatic carbocycles. The van der Waals surface area contributed by atoms with E-state index in [0.717, 1.165) is 13.2 Å². The average Bonchev–Trinajstić information content (AvgIpc) is 3.44. The molecule has 6 aliphatic rings. The molecule has 9 atom stereocenters. The first-order valence-electron chi connectivity index (χ1n) is 12.4. The van der Waals surface area contributed by atoms with Crippen LogP contribution in [0.3, 0.4) is 0 Å². The number of carbonyl (C=O) groups excluding carboxylic acids is 4. The Balaban J connectivity index is 1.58. The predicted octanol–water partition coefficient (Wildman–Crippen LogP) is 1.17. The number of hydrogen-bond donors (Lipinski definition) is 3. The molecule has 0 saturated heterocycles. The van der Waals surface area contributed by atoms with Crippen molar-refractivity contribution in [3.05, 3.63) is 35.8 Å². The first kappa shape index (κ1) is 24.5. The third-order valence-electron chi connectivity index (χ3n) is 10.9. The van der Waals surface area contributed by atoms with Crippen molar-refractivity contribution < 1.29 is 48.4 Å². The second-order valence-electron chi connectivity index (χ2n) is 12.2. The smallest absolute Gasteiger partial charge is 0.335 e. The number of furan rings is 1. The molecule has 10 nitrogen and oxygen atoms in total. The van der Waals surface area contributed by atoms with E-state index in [1.165, 1.54) is 19.5 Å². The maximum absolute atomic E-state index is 14.7. The van der Waals surface area contributed by atoms with Gasteiger partial charge in [0, 0.05) is 45.8 Å². The number of aliphatic hydroxyl groups excluding tert-OH is 1. The van der Waals surface area contributed by atoms with Crippen molar-refractivity contribution in [2.45, 2.75) is 69.9 Å². The minimum Gasteiger partial charge on any atom is -0.472 e. The summed E-state index contributed by atoms with van der Waals surface area (Å²) in [5.74, 6) is -4.28. The molecule has 4 bridgehead atoms. The molecular weight excluding hydrogens is 484 g/mol. The SMILES string of the molecule is COC(=O)[C@H](O)[C@@H]1[C@]2(C)[C@]3(O)C[C@@]1(C)C(=O)[C@@](O)(C3)[C@@]21CC[C@]2(C)C(=CC(=O)O[C@H]2c2ccoc2)C1=O. The molecule has 10 heteroatoms. The molecule has 5 fully saturated rings. The van der Waals surface area contributed by atoms with E-state index in [2.05, 4.69) is 0 Å². The topological polar surface area (TPSA) is 161 Å². The fraction of sp³-hybridized carbons (Fsp3) is 0.630. The van der Waals surface area contributed by atoms with Crippen LogP contribution in [0.2, 0.25) is 0 Å². The van der Waals surface area contributed by atoms with Crippen LogP contribution in [0.4, 0.5) is 0 Å². The van der Waals surface area contributed by atoms with Gasteiger partial charge in [0.05, 0.1) is 30.7 Å². The van der Waals surface area contributed by atoms with Crippen molar-refractivity contribution in [1.29, 1.82) is 0 Å². The van der Waals surface area contributed by atoms with E-state index in [4.69, 9.17) is 13.9 Å². The average molecular weight is 515 g/mol. The molecule has 5 aliphatic carbocycles. The van der Waals surface area contributed by atoms with Gasteiger partial charge < -0.3 is 29.2 Å². The quantitative estimate of drug-likeness (QED) is 0.500. The van der Waals surface area contributed by atoms with Gasteiger partial charge in [-0.15, -0.1) is 0 Å². The molecule has 1 aromatic heterocycles. The Hall–Kier alpha value is -2.82. The summed E-state index contributed by atoms with van der Waals surface area (Å²) in [6.07, 6.45) is 0.968. The lowest BCUT2D eigenvalue weighted by atomic mass is 9.39. The van der Waals surface area contributed by atoms with Crippen molar-refractivity contribution in [1.82, 2.24) is 0 Å². The zero-order valence-electron chi connectivity index (χ0n) is 21.1. The molecule has 1 spiro atoms. The van der Waals surface area contributed by atoms with Gasteiger partial charge in [0.25, 0.3) is 0 Å². The number of esters is 2. The second kappa shape index (κ2) is 6.78. The number of rotatable bonds is 3. The summed E-state index contributed by atoms with van der Waals surface area (Å²) in [7, 11) is 1.10. The highest BCUT2D eigenvalue weighted by atomic mass is 16.5. The highest BCUT2D eigenvalue weighted by molar-refractivity contribution is 6.14. The van der Waals surface area contributed by atoms with Gasteiger partial charge in [-0.05, 0) is 25.3 Å². The van der Waals surface area contributed by atoms with E-state index in [1.807, 2.05) is 0 Å². The Morgan fingerprint density at radius 3 is 2.43 bits per heavy atom. The largest absolute Gasteiger partial charge is 0.472 e. The van der Waals surface area contributed by atoms with Gasteiger partial charge in [-0.25, -0.2) is 9.59 Å². The zero-order valence-corrected chi connectivity index (χ0v) is 21.1. The molecule has 37 heavy (non-hydrogen) atoms. The second-order valence-corrected chi connectivity index (χ2v) is 12.2. The lowest BCUT2D eigenvalue weighted by Gasteiger charge is -2.62. The molecular formula is C27H30O10. The standard InChI is InChI=1S/C27H30O10/c1-22-6-7-26(18(30)14(22)9-15(28)37-19(22)13-5-8-36-10-13)24(3)17(16(29)20(31)35-4)23(2)11-25(24,33)12-27(26,34)21(23)32/h5,8-10,16-17,19,29,33-34H,6-7,11-12H2,1-4H3/t16-,17+,19+,22-,23-,24-,25+,26-,27+/m1/s1. The Labute approximate surface area is 212 Å². The highest BCUT2D eigenvalue weighted by Gasteiger charge is 2.93. The van der Waals surface area contributed by atoms with E-state index < -0.39 is 80.9 Å². The third kappa shape index (κ3) is 2.31. The predicted molar refractivity (Wildman–Crippen MR) is 122 cm³/mol. The molecule has 1 aliphatic heterocycles. The van der Waals surface area contributed by atoms with Crippen LogP contribution >= 0.6 is 0 Å². The van der Waals surface area contributed by atoms with Crippen molar-refractivity contribution in [2.75, 3.05) is 7.11 Å². The molecule has 198 valence electrons. The minimum atomic E-state index is -2.25. The van der Waals surface area contributed by atoms with Crippen molar-refractivity contribution in [3.63, 3.8) is 0 Å². The van der Waals surface area contributed by atoms with Crippen molar-refractivity contribution >= 4 is 23.5 Å². The summed E-state index contributed by atoms with van der Waals surface area (Å²) in [5, 5.41) is 35.3. The van der Waals surface area contributed by atoms with Gasteiger partial charge in [-0.3, -0.25) is 9.59 Å². The van der Waals surface area contributed by atoms with Gasteiger partial charge in [0.2, 0.25) is 0 Å². The first-order chi connectivity index (χ1) is 17.2. The number of ketones is 2. The van der Waals surface area contributed by atoms with Gasteiger partial charge in [-0.2, -0.15) is 0 Å². The third-order valence-corrected chi connectivity index (χ3v) is 10.9. The summed E-state index contributed by atoms with van der Waals surface area (Å²) in [6.45, 7) is 4.88. The number of methoxy groups -OCH3 is 1. The van der Waals surface area contributed by atoms with Crippen molar-refractivity contribution in [2.24, 2.45) is 27.6 Å². The maximum atomic E-state index is 14.7. The van der Waals surface area contributed by atoms with Crippen LogP contribution in [-0.2, 0) is 28.7 Å². The molecule has 0 amide bonds. The van der Waals surface area contributed by atoms with Gasteiger partial charge in [-0.1, -0.05) is 20.8 Å². The highest BCUT2D eigenvalue weighted by Crippen LogP contribution is 2.84. The van der Waals surface area contributed by atoms with Crippen LogP contribution in [0.5, 0.6) is 0 Å². The fourth-order valence-corrected chi connectivity index (χ4v) is 9.46. The summed E-state index contributed by atoms with van der Waals surface area (Å²) < 4.78 is 15.6. The summed E-state index contributed by atoms with van der Waals surface area (Å²) in [5.41, 5.74) is -9.28. The number of ether oxygens (including phenoxy) is 2. The van der Waals surface area contributed by atoms with E-state index in [1.54, 1.807) is 19.9 Å². The van der Waals surface area contributed by atoms with Gasteiger partial charge in [0.15, 0.2) is 17.7 Å². The molecule has 2 heterocycles. The number of fused-ring (bicyclic) bond motifs is 1. The number of cyclic esters (lactones) is 1. The molecule has 5 saturated carbocycles. The molecule has 7 rings (SSSR count). The number of hydrogen-bond acceptors (Lipinski definition) is 10. The summed E-state index contributed by atoms with van der Waals surface area (Å²) >= 11 is 0. The van der Waals surface area contributed by atoms with Crippen LogP contribution in [0.15, 0.2) is 34.7 Å². The Bertz CT molecular complexity index is 1300. The van der Waals surface area contributed by atoms with Crippen LogP contribution in [0, 0.1) is 27.6 Å². The van der Waals surface area contributed by atoms with Crippen LogP contribution in [0.1, 0.15) is 58.1 Å². The molecule has 0 unspecified atom stereocenters.